The van der Waals surface area contributed by atoms with Crippen LogP contribution in [0.15, 0.2) is 18.3 Å². The van der Waals surface area contributed by atoms with Crippen molar-refractivity contribution in [3.05, 3.63) is 24.0 Å². The van der Waals surface area contributed by atoms with Crippen molar-refractivity contribution in [2.45, 2.75) is 38.7 Å². The van der Waals surface area contributed by atoms with Crippen LogP contribution < -0.4 is 11.1 Å². The summed E-state index contributed by atoms with van der Waals surface area (Å²) in [6.07, 6.45) is 5.15. The third-order valence-corrected chi connectivity index (χ3v) is 3.81. The predicted octanol–water partition coefficient (Wildman–Crippen LogP) is 3.82. The topological polar surface area (TPSA) is 85.8 Å². The summed E-state index contributed by atoms with van der Waals surface area (Å²) in [5.41, 5.74) is 7.32. The molecule has 10 heteroatoms. The number of aryl methyl sites for hydroxylation is 1. The van der Waals surface area contributed by atoms with Crippen LogP contribution in [0.25, 0.3) is 11.3 Å². The van der Waals surface area contributed by atoms with Gasteiger partial charge in [0, 0.05) is 23.9 Å². The quantitative estimate of drug-likeness (QED) is 0.770. The van der Waals surface area contributed by atoms with Crippen LogP contribution in [0.5, 0.6) is 0 Å². The molecule has 3 N–H and O–H groups in total. The van der Waals surface area contributed by atoms with E-state index in [2.05, 4.69) is 15.4 Å². The molecule has 2 bridgehead atoms. The van der Waals surface area contributed by atoms with Crippen LogP contribution in [-0.2, 0) is 11.2 Å². The van der Waals surface area contributed by atoms with Crippen LogP contribution in [0.3, 0.4) is 0 Å². The van der Waals surface area contributed by atoms with Gasteiger partial charge in [0.05, 0.1) is 0 Å². The van der Waals surface area contributed by atoms with Gasteiger partial charge in [0.2, 0.25) is 5.91 Å². The van der Waals surface area contributed by atoms with Crippen LogP contribution in [0.4, 0.5) is 20.3 Å². The first-order valence-electron chi connectivity index (χ1n) is 7.47. The minimum Gasteiger partial charge on any atom is -0.380 e. The van der Waals surface area contributed by atoms with Crippen LogP contribution >= 0.6 is 24.8 Å². The molecule has 6 nitrogen and oxygen atoms in total. The lowest BCUT2D eigenvalue weighted by atomic mass is 10.1. The van der Waals surface area contributed by atoms with Gasteiger partial charge in [-0.15, -0.1) is 29.9 Å². The number of nitrogens with one attached hydrogen (secondary N) is 1. The van der Waals surface area contributed by atoms with Gasteiger partial charge in [-0.05, 0) is 31.4 Å². The largest absolute Gasteiger partial charge is 0.380 e. The molecule has 2 aromatic heterocycles. The maximum atomic E-state index is 13.3. The molecule has 0 radical (unpaired) electrons. The van der Waals surface area contributed by atoms with E-state index in [0.717, 1.165) is 31.4 Å². The Balaban J connectivity index is 0.00000156. The number of nitrogens with two attached hydrogens (primary N) is 1. The zero-order valence-corrected chi connectivity index (χ0v) is 14.9. The third kappa shape index (κ3) is 4.58. The standard InChI is InChI=1S/C15H17F2N5O.2ClH/c16-15(17)22-13-9-6-7-19-10(8-9)4-2-1-3-5-11(23)20-12(13)14(18)21-22;;/h6-8,15H,1-5H2,(H2,18,21)(H,20,23);2*1H. The van der Waals surface area contributed by atoms with E-state index in [1.54, 1.807) is 18.3 Å². The third-order valence-electron chi connectivity index (χ3n) is 3.81. The fourth-order valence-corrected chi connectivity index (χ4v) is 2.73. The minimum absolute atomic E-state index is 0. The molecule has 0 aliphatic carbocycles. The van der Waals surface area contributed by atoms with Crippen molar-refractivity contribution in [3.63, 3.8) is 0 Å². The molecule has 2 aromatic rings. The smallest absolute Gasteiger partial charge is 0.333 e. The molecule has 1 amide bonds. The molecule has 3 heterocycles. The van der Waals surface area contributed by atoms with Crippen LogP contribution in [0.1, 0.15) is 37.9 Å². The van der Waals surface area contributed by atoms with Crippen molar-refractivity contribution in [3.8, 4) is 11.3 Å². The fourth-order valence-electron chi connectivity index (χ4n) is 2.73. The fraction of sp³-hybridized carbons (Fsp3) is 0.400. The van der Waals surface area contributed by atoms with Gasteiger partial charge in [-0.2, -0.15) is 13.5 Å². The zero-order valence-electron chi connectivity index (χ0n) is 13.2. The van der Waals surface area contributed by atoms with E-state index in [4.69, 9.17) is 5.73 Å². The molecule has 0 unspecified atom stereocenters. The average Bonchev–Trinajstić information content (AvgIpc) is 2.83. The molecule has 25 heavy (non-hydrogen) atoms. The number of anilines is 2. The Bertz CT molecular complexity index is 739. The highest BCUT2D eigenvalue weighted by Gasteiger charge is 2.24. The van der Waals surface area contributed by atoms with E-state index in [1.165, 1.54) is 0 Å². The first kappa shape index (κ1) is 21.1. The number of fused-ring (bicyclic) bond motifs is 4. The van der Waals surface area contributed by atoms with Gasteiger partial charge in [-0.1, -0.05) is 6.42 Å². The molecular weight excluding hydrogens is 375 g/mol. The number of carbonyl (C=O) groups is 1. The maximum Gasteiger partial charge on any atom is 0.333 e. The molecule has 1 aliphatic rings. The number of pyridine rings is 1. The number of nitrogens with zero attached hydrogens (tertiary/aromatic N) is 3. The number of alkyl halides is 2. The number of nitrogen functional groups attached to an aromatic ring is 1. The van der Waals surface area contributed by atoms with Gasteiger partial charge >= 0.3 is 6.55 Å². The maximum absolute atomic E-state index is 13.3. The lowest BCUT2D eigenvalue weighted by Gasteiger charge is -2.12. The lowest BCUT2D eigenvalue weighted by molar-refractivity contribution is -0.116. The number of carbonyl (C=O) groups excluding carboxylic acids is 1. The number of rotatable bonds is 1. The van der Waals surface area contributed by atoms with Crippen LogP contribution in [0, 0.1) is 0 Å². The highest BCUT2D eigenvalue weighted by atomic mass is 35.5. The highest BCUT2D eigenvalue weighted by Crippen LogP contribution is 2.36. The number of aromatic nitrogens is 3. The molecule has 0 saturated heterocycles. The summed E-state index contributed by atoms with van der Waals surface area (Å²) in [6, 6.07) is 3.35. The summed E-state index contributed by atoms with van der Waals surface area (Å²) in [6.45, 7) is -2.86. The first-order chi connectivity index (χ1) is 11.1. The molecular formula is C15H19Cl2F2N5O. The summed E-state index contributed by atoms with van der Waals surface area (Å²) >= 11 is 0. The van der Waals surface area contributed by atoms with Crippen molar-refractivity contribution >= 4 is 42.2 Å². The van der Waals surface area contributed by atoms with E-state index in [1.807, 2.05) is 0 Å². The van der Waals surface area contributed by atoms with Gasteiger partial charge in [-0.25, -0.2) is 0 Å². The van der Waals surface area contributed by atoms with Crippen molar-refractivity contribution in [1.82, 2.24) is 14.8 Å². The molecule has 3 rings (SSSR count). The van der Waals surface area contributed by atoms with Gasteiger partial charge < -0.3 is 11.1 Å². The summed E-state index contributed by atoms with van der Waals surface area (Å²) in [7, 11) is 0. The Labute approximate surface area is 156 Å². The van der Waals surface area contributed by atoms with Gasteiger partial charge in [-0.3, -0.25) is 9.78 Å². The number of halogens is 4. The molecule has 0 saturated carbocycles. The van der Waals surface area contributed by atoms with Crippen molar-refractivity contribution in [2.24, 2.45) is 0 Å². The predicted molar refractivity (Wildman–Crippen MR) is 96.4 cm³/mol. The minimum atomic E-state index is -2.86. The van der Waals surface area contributed by atoms with Gasteiger partial charge in [0.1, 0.15) is 11.4 Å². The van der Waals surface area contributed by atoms with Crippen molar-refractivity contribution < 1.29 is 13.6 Å². The van der Waals surface area contributed by atoms with Crippen LogP contribution in [0.2, 0.25) is 0 Å². The first-order valence-corrected chi connectivity index (χ1v) is 7.47. The molecule has 0 spiro atoms. The zero-order chi connectivity index (χ0) is 16.4. The molecule has 1 aliphatic heterocycles. The number of amides is 1. The Morgan fingerprint density at radius 2 is 1.92 bits per heavy atom. The summed E-state index contributed by atoms with van der Waals surface area (Å²) in [4.78, 5) is 16.3. The second-order valence-electron chi connectivity index (χ2n) is 5.48. The van der Waals surface area contributed by atoms with E-state index >= 15 is 0 Å². The Morgan fingerprint density at radius 1 is 1.20 bits per heavy atom. The van der Waals surface area contributed by atoms with Gasteiger partial charge in [0.15, 0.2) is 5.82 Å². The van der Waals surface area contributed by atoms with Crippen LogP contribution in [-0.4, -0.2) is 20.7 Å². The van der Waals surface area contributed by atoms with E-state index in [0.29, 0.717) is 16.7 Å². The normalized spacial score (nSPS) is 14.3. The average molecular weight is 394 g/mol. The number of hydrogen-bond donors (Lipinski definition) is 2. The van der Waals surface area contributed by atoms with Gasteiger partial charge in [0.25, 0.3) is 0 Å². The van der Waals surface area contributed by atoms with Crippen molar-refractivity contribution in [1.29, 1.82) is 0 Å². The summed E-state index contributed by atoms with van der Waals surface area (Å²) < 4.78 is 27.1. The monoisotopic (exact) mass is 393 g/mol. The lowest BCUT2D eigenvalue weighted by Crippen LogP contribution is -2.13. The SMILES string of the molecule is Cl.Cl.Nc1nn(C(F)F)c2c1NC(=O)CCCCCc1cc-2ccn1. The van der Waals surface area contributed by atoms with Crippen molar-refractivity contribution in [2.75, 3.05) is 11.1 Å². The molecule has 0 aromatic carbocycles. The van der Waals surface area contributed by atoms with E-state index in [-0.39, 0.29) is 47.9 Å². The molecule has 0 atom stereocenters. The van der Waals surface area contributed by atoms with E-state index in [9.17, 15) is 13.6 Å². The Morgan fingerprint density at radius 3 is 2.64 bits per heavy atom. The Hall–Kier alpha value is -1.93. The second-order valence-corrected chi connectivity index (χ2v) is 5.48. The summed E-state index contributed by atoms with van der Waals surface area (Å²) in [5, 5.41) is 6.31. The molecule has 138 valence electrons. The highest BCUT2D eigenvalue weighted by molar-refractivity contribution is 5.98. The summed E-state index contributed by atoms with van der Waals surface area (Å²) in [5.74, 6) is -0.370. The number of hydrogen-bond acceptors (Lipinski definition) is 4. The molecule has 0 fully saturated rings. The van der Waals surface area contributed by atoms with E-state index < -0.39 is 6.55 Å². The second kappa shape index (κ2) is 8.96. The Kier molecular flexibility index (Phi) is 7.57.